The van der Waals surface area contributed by atoms with E-state index in [0.29, 0.717) is 13.0 Å². The lowest BCUT2D eigenvalue weighted by Crippen LogP contribution is -2.39. The molecule has 0 aliphatic carbocycles. The summed E-state index contributed by atoms with van der Waals surface area (Å²) in [5.74, 6) is 0.105. The molecule has 0 radical (unpaired) electrons. The first-order valence-electron chi connectivity index (χ1n) is 3.80. The Labute approximate surface area is 68.0 Å². The quantitative estimate of drug-likeness (QED) is 0.634. The van der Waals surface area contributed by atoms with Crippen molar-refractivity contribution >= 4 is 5.78 Å². The third kappa shape index (κ3) is 4.93. The van der Waals surface area contributed by atoms with Crippen molar-refractivity contribution in [3.63, 3.8) is 0 Å². The van der Waals surface area contributed by atoms with E-state index in [2.05, 4.69) is 0 Å². The van der Waals surface area contributed by atoms with Gasteiger partial charge in [0.2, 0.25) is 0 Å². The van der Waals surface area contributed by atoms with Gasteiger partial charge in [-0.2, -0.15) is 5.06 Å². The molecule has 0 aromatic rings. The van der Waals surface area contributed by atoms with Crippen molar-refractivity contribution in [1.82, 2.24) is 5.06 Å². The number of hydroxylamine groups is 2. The Kier molecular flexibility index (Phi) is 3.69. The molecule has 0 fully saturated rings. The zero-order valence-corrected chi connectivity index (χ0v) is 7.72. The summed E-state index contributed by atoms with van der Waals surface area (Å²) in [4.78, 5) is 10.5. The molecule has 0 heterocycles. The van der Waals surface area contributed by atoms with Crippen molar-refractivity contribution in [1.29, 1.82) is 0 Å². The minimum atomic E-state index is -0.268. The molecule has 66 valence electrons. The van der Waals surface area contributed by atoms with Gasteiger partial charge in [-0.15, -0.1) is 0 Å². The van der Waals surface area contributed by atoms with Crippen LogP contribution in [0.25, 0.3) is 0 Å². The first kappa shape index (κ1) is 10.6. The SMILES string of the molecule is CC(=O)CCN(O)C(C)(C)C. The predicted octanol–water partition coefficient (Wildman–Crippen LogP) is 1.46. The van der Waals surface area contributed by atoms with Crippen LogP contribution in [0.5, 0.6) is 0 Å². The Balaban J connectivity index is 3.70. The lowest BCUT2D eigenvalue weighted by Gasteiger charge is -2.28. The van der Waals surface area contributed by atoms with Crippen molar-refractivity contribution in [3.05, 3.63) is 0 Å². The second kappa shape index (κ2) is 3.83. The molecule has 0 unspecified atom stereocenters. The summed E-state index contributed by atoms with van der Waals surface area (Å²) in [6, 6.07) is 0. The lowest BCUT2D eigenvalue weighted by molar-refractivity contribution is -0.158. The van der Waals surface area contributed by atoms with Gasteiger partial charge >= 0.3 is 0 Å². The first-order valence-corrected chi connectivity index (χ1v) is 3.80. The molecule has 0 aliphatic rings. The average molecular weight is 159 g/mol. The minimum Gasteiger partial charge on any atom is -0.313 e. The average Bonchev–Trinajstić information content (AvgIpc) is 1.80. The fourth-order valence-corrected chi connectivity index (χ4v) is 0.599. The molecule has 0 aromatic carbocycles. The van der Waals surface area contributed by atoms with E-state index >= 15 is 0 Å². The first-order chi connectivity index (χ1) is 4.84. The van der Waals surface area contributed by atoms with Crippen molar-refractivity contribution in [2.24, 2.45) is 0 Å². The van der Waals surface area contributed by atoms with E-state index in [0.717, 1.165) is 0 Å². The van der Waals surface area contributed by atoms with E-state index in [9.17, 15) is 10.0 Å². The van der Waals surface area contributed by atoms with Crippen LogP contribution in [-0.2, 0) is 4.79 Å². The van der Waals surface area contributed by atoms with Gasteiger partial charge in [-0.05, 0) is 27.7 Å². The van der Waals surface area contributed by atoms with Gasteiger partial charge < -0.3 is 5.21 Å². The van der Waals surface area contributed by atoms with E-state index in [1.54, 1.807) is 0 Å². The van der Waals surface area contributed by atoms with Crippen molar-refractivity contribution in [2.45, 2.75) is 39.7 Å². The number of Topliss-reactive ketones (excluding diaryl/α,β-unsaturated/α-hetero) is 1. The molecular weight excluding hydrogens is 142 g/mol. The number of nitrogens with zero attached hydrogens (tertiary/aromatic N) is 1. The summed E-state index contributed by atoms with van der Waals surface area (Å²) in [5.41, 5.74) is -0.268. The number of carbonyl (C=O) groups is 1. The molecule has 0 bridgehead atoms. The summed E-state index contributed by atoms with van der Waals surface area (Å²) in [6.45, 7) is 7.63. The summed E-state index contributed by atoms with van der Waals surface area (Å²) in [6.07, 6.45) is 0.410. The van der Waals surface area contributed by atoms with Gasteiger partial charge in [0.05, 0.1) is 0 Å². The topological polar surface area (TPSA) is 40.5 Å². The smallest absolute Gasteiger partial charge is 0.131 e. The number of hydrogen-bond acceptors (Lipinski definition) is 3. The molecule has 0 aromatic heterocycles. The monoisotopic (exact) mass is 159 g/mol. The Morgan fingerprint density at radius 3 is 2.18 bits per heavy atom. The van der Waals surface area contributed by atoms with Gasteiger partial charge in [0, 0.05) is 18.5 Å². The van der Waals surface area contributed by atoms with Crippen LogP contribution < -0.4 is 0 Å². The molecule has 3 nitrogen and oxygen atoms in total. The Morgan fingerprint density at radius 1 is 1.45 bits per heavy atom. The van der Waals surface area contributed by atoms with E-state index in [4.69, 9.17) is 0 Å². The third-order valence-corrected chi connectivity index (χ3v) is 1.45. The largest absolute Gasteiger partial charge is 0.313 e. The Morgan fingerprint density at radius 2 is 1.91 bits per heavy atom. The van der Waals surface area contributed by atoms with E-state index in [1.807, 2.05) is 20.8 Å². The molecule has 0 saturated heterocycles. The molecule has 0 amide bonds. The van der Waals surface area contributed by atoms with Crippen LogP contribution in [0.3, 0.4) is 0 Å². The van der Waals surface area contributed by atoms with Crippen LogP contribution >= 0.6 is 0 Å². The normalized spacial score (nSPS) is 12.2. The molecule has 0 atom stereocenters. The highest BCUT2D eigenvalue weighted by Crippen LogP contribution is 2.09. The second-order valence-corrected chi connectivity index (χ2v) is 3.75. The van der Waals surface area contributed by atoms with Crippen LogP contribution in [0, 0.1) is 0 Å². The molecular formula is C8H17NO2. The van der Waals surface area contributed by atoms with Gasteiger partial charge in [0.25, 0.3) is 0 Å². The Hall–Kier alpha value is -0.410. The molecule has 11 heavy (non-hydrogen) atoms. The zero-order valence-electron chi connectivity index (χ0n) is 7.72. The molecule has 0 spiro atoms. The van der Waals surface area contributed by atoms with Gasteiger partial charge in [-0.3, -0.25) is 4.79 Å². The van der Waals surface area contributed by atoms with Crippen LogP contribution in [0.2, 0.25) is 0 Å². The molecule has 0 saturated carbocycles. The number of rotatable bonds is 3. The van der Waals surface area contributed by atoms with Gasteiger partial charge in [-0.25, -0.2) is 0 Å². The number of hydrogen-bond donors (Lipinski definition) is 1. The molecule has 3 heteroatoms. The maximum Gasteiger partial charge on any atom is 0.131 e. The van der Waals surface area contributed by atoms with Crippen molar-refractivity contribution in [2.75, 3.05) is 6.54 Å². The van der Waals surface area contributed by atoms with Gasteiger partial charge in [0.15, 0.2) is 0 Å². The highest BCUT2D eigenvalue weighted by Gasteiger charge is 2.18. The predicted molar refractivity (Wildman–Crippen MR) is 43.5 cm³/mol. The lowest BCUT2D eigenvalue weighted by atomic mass is 10.1. The summed E-state index contributed by atoms with van der Waals surface area (Å²) in [5, 5.41) is 10.5. The van der Waals surface area contributed by atoms with E-state index in [-0.39, 0.29) is 11.3 Å². The third-order valence-electron chi connectivity index (χ3n) is 1.45. The second-order valence-electron chi connectivity index (χ2n) is 3.75. The maximum absolute atomic E-state index is 10.5. The number of ketones is 1. The van der Waals surface area contributed by atoms with Crippen LogP contribution in [0.1, 0.15) is 34.1 Å². The molecule has 0 rings (SSSR count). The zero-order chi connectivity index (χ0) is 9.07. The van der Waals surface area contributed by atoms with Crippen LogP contribution in [-0.4, -0.2) is 28.1 Å². The minimum absolute atomic E-state index is 0.105. The summed E-state index contributed by atoms with van der Waals surface area (Å²) < 4.78 is 0. The van der Waals surface area contributed by atoms with Gasteiger partial charge in [0.1, 0.15) is 5.78 Å². The number of carbonyl (C=O) groups excluding carboxylic acids is 1. The Bertz CT molecular complexity index is 138. The summed E-state index contributed by atoms with van der Waals surface area (Å²) >= 11 is 0. The van der Waals surface area contributed by atoms with Crippen LogP contribution in [0.4, 0.5) is 0 Å². The fraction of sp³-hybridized carbons (Fsp3) is 0.875. The van der Waals surface area contributed by atoms with E-state index < -0.39 is 0 Å². The maximum atomic E-state index is 10.5. The highest BCUT2D eigenvalue weighted by molar-refractivity contribution is 5.75. The van der Waals surface area contributed by atoms with E-state index in [1.165, 1.54) is 12.0 Å². The standard InChI is InChI=1S/C8H17NO2/c1-7(10)5-6-9(11)8(2,3)4/h11H,5-6H2,1-4H3. The fourth-order valence-electron chi connectivity index (χ4n) is 0.599. The van der Waals surface area contributed by atoms with Crippen molar-refractivity contribution < 1.29 is 10.0 Å². The molecule has 0 aliphatic heterocycles. The van der Waals surface area contributed by atoms with Crippen LogP contribution in [0.15, 0.2) is 0 Å². The van der Waals surface area contributed by atoms with Gasteiger partial charge in [-0.1, -0.05) is 0 Å². The highest BCUT2D eigenvalue weighted by atomic mass is 16.5. The summed E-state index contributed by atoms with van der Waals surface area (Å²) in [7, 11) is 0. The molecule has 1 N–H and O–H groups in total. The van der Waals surface area contributed by atoms with Crippen molar-refractivity contribution in [3.8, 4) is 0 Å².